The molecule has 2 rings (SSSR count). The lowest BCUT2D eigenvalue weighted by atomic mass is 10.2. The maximum absolute atomic E-state index is 12.1. The van der Waals surface area contributed by atoms with Crippen molar-refractivity contribution in [2.75, 3.05) is 35.2 Å². The van der Waals surface area contributed by atoms with Gasteiger partial charge in [0.15, 0.2) is 0 Å². The number of carbonyl (C=O) groups is 1. The van der Waals surface area contributed by atoms with E-state index >= 15 is 0 Å². The van der Waals surface area contributed by atoms with Gasteiger partial charge in [-0.15, -0.1) is 0 Å². The first-order valence-corrected chi connectivity index (χ1v) is 9.06. The molecular formula is C20H26ClN3O. The predicted octanol–water partition coefficient (Wildman–Crippen LogP) is 4.94. The summed E-state index contributed by atoms with van der Waals surface area (Å²) in [5, 5.41) is 6.88. The van der Waals surface area contributed by atoms with E-state index in [2.05, 4.69) is 29.4 Å². The SMILES string of the molecule is CCN(CC)c1ccc(NC(=O)CCNc2cc(Cl)ccc2C)cc1. The Hall–Kier alpha value is -2.20. The monoisotopic (exact) mass is 359 g/mol. The molecule has 25 heavy (non-hydrogen) atoms. The fraction of sp³-hybridized carbons (Fsp3) is 0.350. The summed E-state index contributed by atoms with van der Waals surface area (Å²) in [6.07, 6.45) is 0.393. The average molecular weight is 360 g/mol. The molecule has 2 aromatic carbocycles. The summed E-state index contributed by atoms with van der Waals surface area (Å²) in [4.78, 5) is 14.4. The molecular weight excluding hydrogens is 334 g/mol. The number of nitrogens with zero attached hydrogens (tertiary/aromatic N) is 1. The maximum Gasteiger partial charge on any atom is 0.226 e. The zero-order valence-electron chi connectivity index (χ0n) is 15.1. The van der Waals surface area contributed by atoms with E-state index in [1.54, 1.807) is 0 Å². The molecule has 0 unspecified atom stereocenters. The van der Waals surface area contributed by atoms with Crippen LogP contribution in [0.25, 0.3) is 0 Å². The van der Waals surface area contributed by atoms with Gasteiger partial charge in [-0.25, -0.2) is 0 Å². The van der Waals surface area contributed by atoms with Gasteiger partial charge in [0.05, 0.1) is 0 Å². The smallest absolute Gasteiger partial charge is 0.226 e. The number of halogens is 1. The van der Waals surface area contributed by atoms with Crippen molar-refractivity contribution in [2.45, 2.75) is 27.2 Å². The van der Waals surface area contributed by atoms with Crippen molar-refractivity contribution in [3.8, 4) is 0 Å². The molecule has 134 valence electrons. The molecule has 0 heterocycles. The molecule has 0 atom stereocenters. The van der Waals surface area contributed by atoms with E-state index in [9.17, 15) is 4.79 Å². The van der Waals surface area contributed by atoms with Crippen LogP contribution in [0, 0.1) is 6.92 Å². The quantitative estimate of drug-likeness (QED) is 0.702. The second-order valence-corrected chi connectivity index (χ2v) is 6.34. The molecule has 0 radical (unpaired) electrons. The minimum absolute atomic E-state index is 0.0113. The Labute approximate surface area is 155 Å². The lowest BCUT2D eigenvalue weighted by molar-refractivity contribution is -0.115. The Morgan fingerprint density at radius 1 is 1.08 bits per heavy atom. The van der Waals surface area contributed by atoms with E-state index in [1.807, 2.05) is 49.4 Å². The average Bonchev–Trinajstić information content (AvgIpc) is 2.60. The molecule has 0 saturated carbocycles. The highest BCUT2D eigenvalue weighted by molar-refractivity contribution is 6.30. The van der Waals surface area contributed by atoms with Crippen molar-refractivity contribution >= 4 is 34.6 Å². The summed E-state index contributed by atoms with van der Waals surface area (Å²) < 4.78 is 0. The van der Waals surface area contributed by atoms with Crippen molar-refractivity contribution in [3.63, 3.8) is 0 Å². The van der Waals surface area contributed by atoms with E-state index < -0.39 is 0 Å². The standard InChI is InChI=1S/C20H26ClN3O/c1-4-24(5-2)18-10-8-17(9-11-18)23-20(25)12-13-22-19-14-16(21)7-6-15(19)3/h6-11,14,22H,4-5,12-13H2,1-3H3,(H,23,25). The summed E-state index contributed by atoms with van der Waals surface area (Å²) >= 11 is 6.00. The van der Waals surface area contributed by atoms with Gasteiger partial charge < -0.3 is 15.5 Å². The highest BCUT2D eigenvalue weighted by Crippen LogP contribution is 2.20. The molecule has 0 aliphatic carbocycles. The number of hydrogen-bond acceptors (Lipinski definition) is 3. The fourth-order valence-electron chi connectivity index (χ4n) is 2.66. The van der Waals surface area contributed by atoms with Gasteiger partial charge in [0.1, 0.15) is 0 Å². The van der Waals surface area contributed by atoms with Crippen LogP contribution in [-0.4, -0.2) is 25.5 Å². The summed E-state index contributed by atoms with van der Waals surface area (Å²) in [7, 11) is 0. The molecule has 0 bridgehead atoms. The summed E-state index contributed by atoms with van der Waals surface area (Å²) in [5.74, 6) is -0.0113. The second kappa shape index (κ2) is 9.33. The van der Waals surface area contributed by atoms with E-state index in [0.717, 1.165) is 30.0 Å². The van der Waals surface area contributed by atoms with Gasteiger partial charge in [0, 0.05) is 48.1 Å². The normalized spacial score (nSPS) is 10.4. The molecule has 0 aromatic heterocycles. The number of anilines is 3. The number of nitrogens with one attached hydrogen (secondary N) is 2. The Kier molecular flexibility index (Phi) is 7.14. The molecule has 5 heteroatoms. The Morgan fingerprint density at radius 2 is 1.76 bits per heavy atom. The third kappa shape index (κ3) is 5.68. The van der Waals surface area contributed by atoms with E-state index in [-0.39, 0.29) is 5.91 Å². The van der Waals surface area contributed by atoms with Crippen LogP contribution in [0.5, 0.6) is 0 Å². The van der Waals surface area contributed by atoms with Crippen LogP contribution in [0.4, 0.5) is 17.1 Å². The van der Waals surface area contributed by atoms with Crippen molar-refractivity contribution in [2.24, 2.45) is 0 Å². The first-order chi connectivity index (χ1) is 12.0. The molecule has 0 aliphatic heterocycles. The Balaban J connectivity index is 1.83. The highest BCUT2D eigenvalue weighted by atomic mass is 35.5. The highest BCUT2D eigenvalue weighted by Gasteiger charge is 2.05. The number of hydrogen-bond donors (Lipinski definition) is 2. The van der Waals surface area contributed by atoms with Crippen molar-refractivity contribution in [1.82, 2.24) is 0 Å². The van der Waals surface area contributed by atoms with E-state index in [0.29, 0.717) is 18.0 Å². The first-order valence-electron chi connectivity index (χ1n) is 8.68. The first kappa shape index (κ1) is 19.1. The molecule has 2 aromatic rings. The maximum atomic E-state index is 12.1. The topological polar surface area (TPSA) is 44.4 Å². The molecule has 1 amide bonds. The Morgan fingerprint density at radius 3 is 2.40 bits per heavy atom. The Bertz CT molecular complexity index is 697. The van der Waals surface area contributed by atoms with Crippen molar-refractivity contribution < 1.29 is 4.79 Å². The van der Waals surface area contributed by atoms with Gasteiger partial charge in [-0.2, -0.15) is 0 Å². The molecule has 4 nitrogen and oxygen atoms in total. The predicted molar refractivity (Wildman–Crippen MR) is 108 cm³/mol. The van der Waals surface area contributed by atoms with E-state index in [1.165, 1.54) is 5.69 Å². The van der Waals surface area contributed by atoms with Crippen LogP contribution in [-0.2, 0) is 4.79 Å². The fourth-order valence-corrected chi connectivity index (χ4v) is 2.84. The summed E-state index contributed by atoms with van der Waals surface area (Å²) in [6.45, 7) is 8.77. The van der Waals surface area contributed by atoms with Gasteiger partial charge in [0.25, 0.3) is 0 Å². The van der Waals surface area contributed by atoms with Gasteiger partial charge in [0.2, 0.25) is 5.91 Å². The summed E-state index contributed by atoms with van der Waals surface area (Å²) in [5.41, 5.74) is 4.06. The van der Waals surface area contributed by atoms with Gasteiger partial charge >= 0.3 is 0 Å². The van der Waals surface area contributed by atoms with Crippen LogP contribution < -0.4 is 15.5 Å². The van der Waals surface area contributed by atoms with Crippen LogP contribution >= 0.6 is 11.6 Å². The number of benzene rings is 2. The van der Waals surface area contributed by atoms with Gasteiger partial charge in [-0.3, -0.25) is 4.79 Å². The van der Waals surface area contributed by atoms with Crippen LogP contribution in [0.3, 0.4) is 0 Å². The van der Waals surface area contributed by atoms with E-state index in [4.69, 9.17) is 11.6 Å². The minimum Gasteiger partial charge on any atom is -0.384 e. The van der Waals surface area contributed by atoms with Gasteiger partial charge in [-0.1, -0.05) is 17.7 Å². The number of aryl methyl sites for hydroxylation is 1. The van der Waals surface area contributed by atoms with Crippen LogP contribution in [0.15, 0.2) is 42.5 Å². The second-order valence-electron chi connectivity index (χ2n) is 5.90. The van der Waals surface area contributed by atoms with Crippen LogP contribution in [0.2, 0.25) is 5.02 Å². The summed E-state index contributed by atoms with van der Waals surface area (Å²) in [6, 6.07) is 13.7. The molecule has 2 N–H and O–H groups in total. The lowest BCUT2D eigenvalue weighted by Gasteiger charge is -2.21. The molecule has 0 fully saturated rings. The zero-order valence-corrected chi connectivity index (χ0v) is 15.9. The van der Waals surface area contributed by atoms with Crippen molar-refractivity contribution in [3.05, 3.63) is 53.1 Å². The minimum atomic E-state index is -0.0113. The number of amides is 1. The molecule has 0 aliphatic rings. The lowest BCUT2D eigenvalue weighted by Crippen LogP contribution is -2.21. The number of rotatable bonds is 8. The molecule has 0 saturated heterocycles. The van der Waals surface area contributed by atoms with Crippen LogP contribution in [0.1, 0.15) is 25.8 Å². The third-order valence-electron chi connectivity index (χ3n) is 4.15. The largest absolute Gasteiger partial charge is 0.384 e. The van der Waals surface area contributed by atoms with Gasteiger partial charge in [-0.05, 0) is 62.7 Å². The van der Waals surface area contributed by atoms with Crippen molar-refractivity contribution in [1.29, 1.82) is 0 Å². The molecule has 0 spiro atoms. The third-order valence-corrected chi connectivity index (χ3v) is 4.38. The number of carbonyl (C=O) groups excluding carboxylic acids is 1. The zero-order chi connectivity index (χ0) is 18.2.